The number of carbonyl (C=O) groups is 2. The van der Waals surface area contributed by atoms with Gasteiger partial charge < -0.3 is 20.3 Å². The summed E-state index contributed by atoms with van der Waals surface area (Å²) in [5.41, 5.74) is 0.763. The minimum absolute atomic E-state index is 0.0370. The van der Waals surface area contributed by atoms with Crippen LogP contribution in [0.5, 0.6) is 0 Å². The van der Waals surface area contributed by atoms with Crippen molar-refractivity contribution < 1.29 is 19.2 Å². The van der Waals surface area contributed by atoms with Crippen molar-refractivity contribution in [1.29, 1.82) is 0 Å². The predicted molar refractivity (Wildman–Crippen MR) is 106 cm³/mol. The van der Waals surface area contributed by atoms with E-state index in [1.165, 1.54) is 26.2 Å². The number of hydrogen-bond donors (Lipinski definition) is 4. The Balaban J connectivity index is 0.000000250. The molecule has 1 aliphatic rings. The van der Waals surface area contributed by atoms with E-state index in [2.05, 4.69) is 26.0 Å². The summed E-state index contributed by atoms with van der Waals surface area (Å²) in [5, 5.41) is 23.7. The highest BCUT2D eigenvalue weighted by molar-refractivity contribution is 5.90. The first-order valence-corrected chi connectivity index (χ1v) is 9.39. The van der Waals surface area contributed by atoms with Crippen LogP contribution >= 0.6 is 0 Å². The smallest absolute Gasteiger partial charge is 0.233 e. The van der Waals surface area contributed by atoms with Crippen molar-refractivity contribution in [2.45, 2.75) is 59.4 Å². The van der Waals surface area contributed by atoms with Crippen molar-refractivity contribution in [3.05, 3.63) is 29.8 Å². The molecule has 0 aromatic carbocycles. The zero-order chi connectivity index (χ0) is 20.9. The van der Waals surface area contributed by atoms with Gasteiger partial charge in [0.15, 0.2) is 0 Å². The van der Waals surface area contributed by atoms with E-state index >= 15 is 0 Å². The highest BCUT2D eigenvalue weighted by atomic mass is 16.5. The molecule has 9 heteroatoms. The molecule has 0 unspecified atom stereocenters. The third-order valence-corrected chi connectivity index (χ3v) is 3.76. The zero-order valence-electron chi connectivity index (χ0n) is 17.0. The molecule has 0 radical (unpaired) electrons. The average molecular weight is 393 g/mol. The van der Waals surface area contributed by atoms with Gasteiger partial charge in [0.1, 0.15) is 11.6 Å². The average Bonchev–Trinajstić information content (AvgIpc) is 3.18. The maximum atomic E-state index is 11.4. The number of nitrogens with zero attached hydrogens (tertiary/aromatic N) is 2. The molecule has 1 aliphatic carbocycles. The van der Waals surface area contributed by atoms with Gasteiger partial charge in [-0.2, -0.15) is 5.10 Å². The monoisotopic (exact) mass is 393 g/mol. The summed E-state index contributed by atoms with van der Waals surface area (Å²) in [6.07, 6.45) is 5.59. The van der Waals surface area contributed by atoms with Crippen LogP contribution in [0.3, 0.4) is 0 Å². The molecule has 3 rings (SSSR count). The molecule has 1 saturated carbocycles. The van der Waals surface area contributed by atoms with Gasteiger partial charge in [-0.1, -0.05) is 11.6 Å². The lowest BCUT2D eigenvalue weighted by atomic mass is 9.86. The quantitative estimate of drug-likeness (QED) is 0.615. The first kappa shape index (κ1) is 23.4. The largest absolute Gasteiger partial charge is 0.396 e. The van der Waals surface area contributed by atoms with Crippen molar-refractivity contribution in [2.75, 3.05) is 11.9 Å². The first-order valence-electron chi connectivity index (χ1n) is 9.39. The molecule has 0 atom stereocenters. The normalized spacial score (nSPS) is 12.8. The van der Waals surface area contributed by atoms with Crippen LogP contribution in [-0.2, 0) is 16.0 Å². The lowest BCUT2D eigenvalue weighted by Crippen LogP contribution is -2.27. The Morgan fingerprint density at radius 3 is 2.43 bits per heavy atom. The van der Waals surface area contributed by atoms with Crippen molar-refractivity contribution in [3.8, 4) is 0 Å². The third kappa shape index (κ3) is 10.5. The maximum absolute atomic E-state index is 11.4. The first-order chi connectivity index (χ1) is 13.3. The Bertz CT molecular complexity index is 690. The number of aryl methyl sites for hydroxylation is 1. The predicted octanol–water partition coefficient (Wildman–Crippen LogP) is 2.20. The van der Waals surface area contributed by atoms with Crippen LogP contribution in [0.15, 0.2) is 22.9 Å². The molecule has 156 valence electrons. The number of rotatable bonds is 5. The second kappa shape index (κ2) is 12.7. The molecule has 1 fully saturated rings. The number of amides is 2. The molecule has 2 aromatic rings. The van der Waals surface area contributed by atoms with Gasteiger partial charge in [0.25, 0.3) is 0 Å². The van der Waals surface area contributed by atoms with E-state index in [4.69, 9.17) is 9.63 Å². The molecule has 9 nitrogen and oxygen atoms in total. The Morgan fingerprint density at radius 1 is 1.39 bits per heavy atom. The minimum Gasteiger partial charge on any atom is -0.396 e. The Labute approximate surface area is 165 Å². The fourth-order valence-corrected chi connectivity index (χ4v) is 2.26. The standard InChI is InChI=1S/C9H10N4O2.C5H11NO.C5H10O/c1-6-4-7(15-13-6)5-9(14)11-8-2-3-10-12-8;1-4(2)6-5(3)7;6-4-5-2-1-3-5/h2-4H,5H2,1H3,(H2,10,11,12,14);4H,1-3H3,(H,6,7);5-6H,1-4H2. The summed E-state index contributed by atoms with van der Waals surface area (Å²) in [4.78, 5) is 21.6. The summed E-state index contributed by atoms with van der Waals surface area (Å²) in [6, 6.07) is 3.67. The summed E-state index contributed by atoms with van der Waals surface area (Å²) < 4.78 is 4.92. The van der Waals surface area contributed by atoms with E-state index in [-0.39, 0.29) is 24.3 Å². The molecule has 28 heavy (non-hydrogen) atoms. The second-order valence-corrected chi connectivity index (χ2v) is 6.96. The van der Waals surface area contributed by atoms with E-state index < -0.39 is 0 Å². The lowest BCUT2D eigenvalue weighted by molar-refractivity contribution is -0.119. The highest BCUT2D eigenvalue weighted by Gasteiger charge is 2.14. The highest BCUT2D eigenvalue weighted by Crippen LogP contribution is 2.24. The number of hydrogen-bond acceptors (Lipinski definition) is 6. The van der Waals surface area contributed by atoms with Gasteiger partial charge in [0, 0.05) is 31.7 Å². The van der Waals surface area contributed by atoms with E-state index in [0.717, 1.165) is 5.69 Å². The molecular weight excluding hydrogens is 362 g/mol. The zero-order valence-corrected chi connectivity index (χ0v) is 17.0. The summed E-state index contributed by atoms with van der Waals surface area (Å²) in [5.74, 6) is 1.65. The number of anilines is 1. The molecule has 2 amide bonds. The Hall–Kier alpha value is -2.68. The topological polar surface area (TPSA) is 133 Å². The Kier molecular flexibility index (Phi) is 10.6. The third-order valence-electron chi connectivity index (χ3n) is 3.76. The van der Waals surface area contributed by atoms with Gasteiger partial charge in [-0.3, -0.25) is 14.7 Å². The van der Waals surface area contributed by atoms with E-state index in [1.807, 2.05) is 13.8 Å². The summed E-state index contributed by atoms with van der Waals surface area (Å²) in [7, 11) is 0. The molecule has 2 aromatic heterocycles. The molecule has 2 heterocycles. The van der Waals surface area contributed by atoms with E-state index in [9.17, 15) is 9.59 Å². The lowest BCUT2D eigenvalue weighted by Gasteiger charge is -2.21. The van der Waals surface area contributed by atoms with Crippen molar-refractivity contribution in [1.82, 2.24) is 20.7 Å². The number of H-pyrrole nitrogens is 1. The van der Waals surface area contributed by atoms with Gasteiger partial charge in [0.2, 0.25) is 11.8 Å². The molecule has 0 saturated heterocycles. The van der Waals surface area contributed by atoms with Crippen molar-refractivity contribution in [2.24, 2.45) is 5.92 Å². The summed E-state index contributed by atoms with van der Waals surface area (Å²) >= 11 is 0. The maximum Gasteiger partial charge on any atom is 0.233 e. The van der Waals surface area contributed by atoms with Crippen LogP contribution in [0, 0.1) is 12.8 Å². The van der Waals surface area contributed by atoms with Crippen LogP contribution in [0.4, 0.5) is 5.82 Å². The fraction of sp³-hybridized carbons (Fsp3) is 0.579. The molecule has 0 spiro atoms. The number of carbonyl (C=O) groups excluding carboxylic acids is 2. The Morgan fingerprint density at radius 2 is 2.11 bits per heavy atom. The fourth-order valence-electron chi connectivity index (χ4n) is 2.26. The van der Waals surface area contributed by atoms with E-state index in [1.54, 1.807) is 25.3 Å². The molecule has 4 N–H and O–H groups in total. The van der Waals surface area contributed by atoms with E-state index in [0.29, 0.717) is 24.1 Å². The number of aliphatic hydroxyl groups excluding tert-OH is 1. The van der Waals surface area contributed by atoms with Gasteiger partial charge in [-0.05, 0) is 39.5 Å². The van der Waals surface area contributed by atoms with Crippen LogP contribution in [0.1, 0.15) is 51.5 Å². The second-order valence-electron chi connectivity index (χ2n) is 6.96. The van der Waals surface area contributed by atoms with Crippen molar-refractivity contribution >= 4 is 17.6 Å². The molecule has 0 aliphatic heterocycles. The molecular formula is C19H31N5O4. The minimum atomic E-state index is -0.171. The number of aliphatic hydroxyl groups is 1. The van der Waals surface area contributed by atoms with Crippen LogP contribution < -0.4 is 10.6 Å². The van der Waals surface area contributed by atoms with Gasteiger partial charge >= 0.3 is 0 Å². The van der Waals surface area contributed by atoms with Crippen LogP contribution in [-0.4, -0.2) is 44.9 Å². The summed E-state index contributed by atoms with van der Waals surface area (Å²) in [6.45, 7) is 7.60. The van der Waals surface area contributed by atoms with Crippen LogP contribution in [0.2, 0.25) is 0 Å². The van der Waals surface area contributed by atoms with Crippen LogP contribution in [0.25, 0.3) is 0 Å². The number of nitrogens with one attached hydrogen (secondary N) is 3. The van der Waals surface area contributed by atoms with Gasteiger partial charge in [-0.15, -0.1) is 0 Å². The number of aromatic nitrogens is 3. The van der Waals surface area contributed by atoms with Gasteiger partial charge in [-0.25, -0.2) is 0 Å². The molecule has 0 bridgehead atoms. The number of aromatic amines is 1. The van der Waals surface area contributed by atoms with Gasteiger partial charge in [0.05, 0.1) is 18.3 Å². The van der Waals surface area contributed by atoms with Crippen molar-refractivity contribution in [3.63, 3.8) is 0 Å². The SMILES string of the molecule is CC(=O)NC(C)C.Cc1cc(CC(=O)Nc2ccn[nH]2)on1.OCC1CCC1.